The number of carbonyl (C=O) groups is 1. The van der Waals surface area contributed by atoms with Crippen molar-refractivity contribution in [3.63, 3.8) is 0 Å². The molecule has 0 spiro atoms. The molecule has 0 unspecified atom stereocenters. The second-order valence-corrected chi connectivity index (χ2v) is 6.17. The minimum absolute atomic E-state index is 0.0500. The molecule has 0 aromatic heterocycles. The Balaban J connectivity index is 2.01. The Kier molecular flexibility index (Phi) is 2.26. The fourth-order valence-corrected chi connectivity index (χ4v) is 3.94. The van der Waals surface area contributed by atoms with Crippen LogP contribution < -0.4 is 0 Å². The SMILES string of the molecule is C=C1C(=O)O[C@@H]2C[C@@]3(C)CCC[C@H](C)C3=C[C@@H]12. The van der Waals surface area contributed by atoms with Crippen LogP contribution in [0, 0.1) is 17.3 Å². The molecule has 17 heavy (non-hydrogen) atoms. The van der Waals surface area contributed by atoms with Gasteiger partial charge >= 0.3 is 5.97 Å². The molecule has 2 fully saturated rings. The largest absolute Gasteiger partial charge is 0.458 e. The van der Waals surface area contributed by atoms with Crippen LogP contribution >= 0.6 is 0 Å². The molecule has 1 saturated carbocycles. The summed E-state index contributed by atoms with van der Waals surface area (Å²) in [6, 6.07) is 0. The summed E-state index contributed by atoms with van der Waals surface area (Å²) in [6.45, 7) is 8.53. The lowest BCUT2D eigenvalue weighted by Crippen LogP contribution is -2.38. The van der Waals surface area contributed by atoms with Gasteiger partial charge in [-0.2, -0.15) is 0 Å². The number of esters is 1. The Morgan fingerprint density at radius 3 is 3.06 bits per heavy atom. The zero-order valence-electron chi connectivity index (χ0n) is 10.7. The molecule has 0 aromatic rings. The lowest BCUT2D eigenvalue weighted by atomic mass is 9.60. The van der Waals surface area contributed by atoms with Gasteiger partial charge in [0.1, 0.15) is 6.10 Å². The van der Waals surface area contributed by atoms with E-state index in [-0.39, 0.29) is 23.4 Å². The third-order valence-electron chi connectivity index (χ3n) is 4.93. The topological polar surface area (TPSA) is 26.3 Å². The van der Waals surface area contributed by atoms with E-state index in [2.05, 4.69) is 26.5 Å². The third-order valence-corrected chi connectivity index (χ3v) is 4.93. The highest BCUT2D eigenvalue weighted by molar-refractivity contribution is 5.91. The predicted octanol–water partition coefficient (Wildman–Crippen LogP) is 3.24. The quantitative estimate of drug-likeness (QED) is 0.364. The molecule has 2 nitrogen and oxygen atoms in total. The van der Waals surface area contributed by atoms with Crippen molar-refractivity contribution in [2.75, 3.05) is 0 Å². The van der Waals surface area contributed by atoms with Crippen LogP contribution in [0.4, 0.5) is 0 Å². The number of carbonyl (C=O) groups excluding carboxylic acids is 1. The molecule has 4 atom stereocenters. The number of allylic oxidation sites excluding steroid dienone is 1. The first kappa shape index (κ1) is 11.1. The highest BCUT2D eigenvalue weighted by Crippen LogP contribution is 2.53. The number of hydrogen-bond acceptors (Lipinski definition) is 2. The van der Waals surface area contributed by atoms with E-state index < -0.39 is 0 Å². The van der Waals surface area contributed by atoms with Crippen molar-refractivity contribution >= 4 is 5.97 Å². The third kappa shape index (κ3) is 1.50. The molecular formula is C15H20O2. The Hall–Kier alpha value is -1.05. The van der Waals surface area contributed by atoms with Gasteiger partial charge in [-0.1, -0.05) is 38.5 Å². The molecular weight excluding hydrogens is 212 g/mol. The van der Waals surface area contributed by atoms with Gasteiger partial charge in [0, 0.05) is 11.5 Å². The maximum atomic E-state index is 11.6. The van der Waals surface area contributed by atoms with Crippen molar-refractivity contribution < 1.29 is 9.53 Å². The monoisotopic (exact) mass is 232 g/mol. The van der Waals surface area contributed by atoms with E-state index in [0.29, 0.717) is 11.5 Å². The van der Waals surface area contributed by atoms with E-state index >= 15 is 0 Å². The summed E-state index contributed by atoms with van der Waals surface area (Å²) in [5.74, 6) is 0.607. The average molecular weight is 232 g/mol. The Morgan fingerprint density at radius 2 is 2.29 bits per heavy atom. The summed E-state index contributed by atoms with van der Waals surface area (Å²) >= 11 is 0. The molecule has 1 aliphatic heterocycles. The molecule has 1 heterocycles. The zero-order valence-corrected chi connectivity index (χ0v) is 10.7. The van der Waals surface area contributed by atoms with Crippen molar-refractivity contribution in [2.45, 2.75) is 45.6 Å². The molecule has 0 amide bonds. The van der Waals surface area contributed by atoms with Crippen molar-refractivity contribution in [1.82, 2.24) is 0 Å². The molecule has 1 saturated heterocycles. The second-order valence-electron chi connectivity index (χ2n) is 6.17. The maximum absolute atomic E-state index is 11.6. The average Bonchev–Trinajstić information content (AvgIpc) is 2.52. The van der Waals surface area contributed by atoms with Gasteiger partial charge in [-0.15, -0.1) is 0 Å². The summed E-state index contributed by atoms with van der Waals surface area (Å²) in [5, 5.41) is 0. The van der Waals surface area contributed by atoms with Crippen LogP contribution in [-0.2, 0) is 9.53 Å². The number of rotatable bonds is 0. The van der Waals surface area contributed by atoms with Crippen LogP contribution in [0.2, 0.25) is 0 Å². The van der Waals surface area contributed by atoms with Crippen LogP contribution in [0.25, 0.3) is 0 Å². The van der Waals surface area contributed by atoms with E-state index in [9.17, 15) is 4.79 Å². The van der Waals surface area contributed by atoms with E-state index in [0.717, 1.165) is 6.42 Å². The van der Waals surface area contributed by atoms with Crippen LogP contribution in [0.15, 0.2) is 23.8 Å². The first-order chi connectivity index (χ1) is 8.01. The van der Waals surface area contributed by atoms with Gasteiger partial charge in [0.15, 0.2) is 0 Å². The van der Waals surface area contributed by atoms with Gasteiger partial charge in [-0.3, -0.25) is 0 Å². The summed E-state index contributed by atoms with van der Waals surface area (Å²) in [6.07, 6.45) is 7.13. The Labute approximate surface area is 103 Å². The maximum Gasteiger partial charge on any atom is 0.334 e. The minimum Gasteiger partial charge on any atom is -0.458 e. The fraction of sp³-hybridized carbons (Fsp3) is 0.667. The molecule has 0 N–H and O–H groups in total. The first-order valence-corrected chi connectivity index (χ1v) is 6.63. The van der Waals surface area contributed by atoms with Crippen LogP contribution in [-0.4, -0.2) is 12.1 Å². The van der Waals surface area contributed by atoms with Crippen molar-refractivity contribution in [1.29, 1.82) is 0 Å². The van der Waals surface area contributed by atoms with E-state index in [1.165, 1.54) is 19.3 Å². The number of ether oxygens (including phenoxy) is 1. The summed E-state index contributed by atoms with van der Waals surface area (Å²) in [4.78, 5) is 11.6. The van der Waals surface area contributed by atoms with Gasteiger partial charge < -0.3 is 4.74 Å². The lowest BCUT2D eigenvalue weighted by Gasteiger charge is -2.45. The second kappa shape index (κ2) is 3.47. The van der Waals surface area contributed by atoms with Crippen LogP contribution in [0.3, 0.4) is 0 Å². The summed E-state index contributed by atoms with van der Waals surface area (Å²) in [5.41, 5.74) is 2.45. The molecule has 2 aliphatic carbocycles. The van der Waals surface area contributed by atoms with E-state index in [4.69, 9.17) is 4.74 Å². The Morgan fingerprint density at radius 1 is 1.53 bits per heavy atom. The van der Waals surface area contributed by atoms with Gasteiger partial charge in [0.05, 0.1) is 0 Å². The smallest absolute Gasteiger partial charge is 0.334 e. The van der Waals surface area contributed by atoms with Crippen LogP contribution in [0.1, 0.15) is 39.5 Å². The Bertz CT molecular complexity index is 421. The zero-order chi connectivity index (χ0) is 12.2. The van der Waals surface area contributed by atoms with Gasteiger partial charge in [-0.25, -0.2) is 4.79 Å². The van der Waals surface area contributed by atoms with E-state index in [1.807, 2.05) is 0 Å². The van der Waals surface area contributed by atoms with Crippen LogP contribution in [0.5, 0.6) is 0 Å². The van der Waals surface area contributed by atoms with Crippen molar-refractivity contribution in [2.24, 2.45) is 17.3 Å². The summed E-state index contributed by atoms with van der Waals surface area (Å²) < 4.78 is 5.44. The lowest BCUT2D eigenvalue weighted by molar-refractivity contribution is -0.140. The molecule has 2 heteroatoms. The van der Waals surface area contributed by atoms with Crippen molar-refractivity contribution in [3.8, 4) is 0 Å². The minimum atomic E-state index is -0.188. The molecule has 0 aromatic carbocycles. The predicted molar refractivity (Wildman–Crippen MR) is 66.3 cm³/mol. The van der Waals surface area contributed by atoms with Gasteiger partial charge in [-0.05, 0) is 30.6 Å². The number of fused-ring (bicyclic) bond motifs is 2. The molecule has 3 aliphatic rings. The standard InChI is InChI=1S/C15H20O2/c1-9-5-4-6-15(3)8-13-11(7-12(9)15)10(2)14(16)17-13/h7,9,11,13H,2,4-6,8H2,1,3H3/t9-,11-,13+,15+/m0/s1. The highest BCUT2D eigenvalue weighted by atomic mass is 16.6. The molecule has 92 valence electrons. The molecule has 3 rings (SSSR count). The van der Waals surface area contributed by atoms with Gasteiger partial charge in [0.25, 0.3) is 0 Å². The molecule has 0 radical (unpaired) electrons. The van der Waals surface area contributed by atoms with Gasteiger partial charge in [0.2, 0.25) is 0 Å². The van der Waals surface area contributed by atoms with E-state index in [1.54, 1.807) is 5.57 Å². The summed E-state index contributed by atoms with van der Waals surface area (Å²) in [7, 11) is 0. The molecule has 0 bridgehead atoms. The first-order valence-electron chi connectivity index (χ1n) is 6.63. The van der Waals surface area contributed by atoms with Crippen molar-refractivity contribution in [3.05, 3.63) is 23.8 Å². The highest BCUT2D eigenvalue weighted by Gasteiger charge is 2.48. The fourth-order valence-electron chi connectivity index (χ4n) is 3.94. The number of hydrogen-bond donors (Lipinski definition) is 0. The normalized spacial score (nSPS) is 44.8.